The molecule has 1 rings (SSSR count). The van der Waals surface area contributed by atoms with Crippen LogP contribution in [0.25, 0.3) is 0 Å². The third kappa shape index (κ3) is 3.59. The highest BCUT2D eigenvalue weighted by Crippen LogP contribution is 2.17. The second-order valence-corrected chi connectivity index (χ2v) is 3.77. The largest absolute Gasteiger partial charge is 0.491 e. The summed E-state index contributed by atoms with van der Waals surface area (Å²) < 4.78 is 5.74. The number of rotatable bonds is 5. The Morgan fingerprint density at radius 2 is 2.21 bits per heavy atom. The highest BCUT2D eigenvalue weighted by Gasteiger charge is 2.02. The number of benzene rings is 1. The van der Waals surface area contributed by atoms with Crippen molar-refractivity contribution in [3.8, 4) is 5.75 Å². The Bertz CT molecular complexity index is 273. The zero-order valence-corrected chi connectivity index (χ0v) is 9.55. The van der Waals surface area contributed by atoms with Gasteiger partial charge in [-0.25, -0.2) is 0 Å². The fourth-order valence-corrected chi connectivity index (χ4v) is 1.57. The van der Waals surface area contributed by atoms with Gasteiger partial charge in [0.2, 0.25) is 0 Å². The molecule has 0 aliphatic carbocycles. The van der Waals surface area contributed by atoms with Crippen molar-refractivity contribution in [2.45, 2.75) is 38.7 Å². The minimum atomic E-state index is 0.283. The lowest BCUT2D eigenvalue weighted by molar-refractivity contribution is 0.210. The van der Waals surface area contributed by atoms with Gasteiger partial charge < -0.3 is 4.74 Å². The number of alkyl halides is 1. The van der Waals surface area contributed by atoms with Crippen LogP contribution in [0.4, 0.5) is 0 Å². The maximum absolute atomic E-state index is 5.74. The second-order valence-electron chi connectivity index (χ2n) is 3.50. The molecule has 0 aliphatic heterocycles. The molecule has 14 heavy (non-hydrogen) atoms. The second kappa shape index (κ2) is 5.92. The van der Waals surface area contributed by atoms with Crippen molar-refractivity contribution >= 4 is 11.6 Å². The summed E-state index contributed by atoms with van der Waals surface area (Å²) in [4.78, 5) is 0. The normalized spacial score (nSPS) is 12.5. The van der Waals surface area contributed by atoms with Crippen LogP contribution in [0.5, 0.6) is 5.75 Å². The fourth-order valence-electron chi connectivity index (χ4n) is 1.40. The molecule has 0 saturated carbocycles. The highest BCUT2D eigenvalue weighted by atomic mass is 35.5. The maximum atomic E-state index is 5.74. The van der Waals surface area contributed by atoms with Gasteiger partial charge >= 0.3 is 0 Å². The lowest BCUT2D eigenvalue weighted by atomic mass is 10.2. The van der Waals surface area contributed by atoms with Crippen LogP contribution in [0.3, 0.4) is 0 Å². The topological polar surface area (TPSA) is 9.23 Å². The first-order chi connectivity index (χ1) is 6.76. The molecule has 1 aromatic carbocycles. The van der Waals surface area contributed by atoms with E-state index in [0.29, 0.717) is 5.88 Å². The summed E-state index contributed by atoms with van der Waals surface area (Å²) in [6.07, 6.45) is 2.52. The van der Waals surface area contributed by atoms with E-state index in [0.717, 1.165) is 24.2 Å². The molecule has 1 unspecified atom stereocenters. The van der Waals surface area contributed by atoms with E-state index in [9.17, 15) is 0 Å². The molecule has 1 nitrogen and oxygen atoms in total. The van der Waals surface area contributed by atoms with Crippen molar-refractivity contribution in [1.29, 1.82) is 0 Å². The molecule has 78 valence electrons. The van der Waals surface area contributed by atoms with Gasteiger partial charge in [-0.3, -0.25) is 0 Å². The lowest BCUT2D eigenvalue weighted by Gasteiger charge is -2.14. The van der Waals surface area contributed by atoms with Crippen molar-refractivity contribution < 1.29 is 4.74 Å². The predicted octanol–water partition coefficient (Wildman–Crippen LogP) is 3.99. The number of ether oxygens (including phenoxy) is 1. The number of hydrogen-bond donors (Lipinski definition) is 0. The van der Waals surface area contributed by atoms with E-state index in [-0.39, 0.29) is 6.10 Å². The Morgan fingerprint density at radius 3 is 2.86 bits per heavy atom. The Hall–Kier alpha value is -0.690. The fraction of sp³-hybridized carbons (Fsp3) is 0.500. The lowest BCUT2D eigenvalue weighted by Crippen LogP contribution is -2.10. The maximum Gasteiger partial charge on any atom is 0.120 e. The monoisotopic (exact) mass is 212 g/mol. The molecule has 0 fully saturated rings. The molecular weight excluding hydrogens is 196 g/mol. The van der Waals surface area contributed by atoms with Crippen molar-refractivity contribution in [3.63, 3.8) is 0 Å². The van der Waals surface area contributed by atoms with Crippen LogP contribution in [0, 0.1) is 0 Å². The zero-order valence-electron chi connectivity index (χ0n) is 8.79. The Morgan fingerprint density at radius 1 is 1.43 bits per heavy atom. The van der Waals surface area contributed by atoms with E-state index < -0.39 is 0 Å². The summed E-state index contributed by atoms with van der Waals surface area (Å²) in [5.74, 6) is 1.46. The minimum absolute atomic E-state index is 0.283. The third-order valence-corrected chi connectivity index (χ3v) is 2.39. The van der Waals surface area contributed by atoms with E-state index in [4.69, 9.17) is 16.3 Å². The summed E-state index contributed by atoms with van der Waals surface area (Å²) in [6, 6.07) is 7.96. The van der Waals surface area contributed by atoms with Gasteiger partial charge in [0.1, 0.15) is 5.75 Å². The van der Waals surface area contributed by atoms with E-state index >= 15 is 0 Å². The van der Waals surface area contributed by atoms with E-state index in [1.807, 2.05) is 24.3 Å². The molecule has 2 heteroatoms. The molecule has 0 heterocycles. The first-order valence-corrected chi connectivity index (χ1v) is 5.61. The van der Waals surface area contributed by atoms with Crippen LogP contribution in [0.1, 0.15) is 32.3 Å². The highest BCUT2D eigenvalue weighted by molar-refractivity contribution is 6.17. The molecule has 0 saturated heterocycles. The van der Waals surface area contributed by atoms with E-state index in [1.165, 1.54) is 0 Å². The Labute approximate surface area is 91.0 Å². The summed E-state index contributed by atoms with van der Waals surface area (Å²) in [6.45, 7) is 4.26. The predicted molar refractivity (Wildman–Crippen MR) is 61.0 cm³/mol. The number of halogens is 1. The van der Waals surface area contributed by atoms with Crippen LogP contribution in [-0.2, 0) is 5.88 Å². The number of hydrogen-bond acceptors (Lipinski definition) is 1. The van der Waals surface area contributed by atoms with Gasteiger partial charge in [0.05, 0.1) is 6.10 Å². The minimum Gasteiger partial charge on any atom is -0.491 e. The molecule has 0 radical (unpaired) electrons. The molecule has 0 amide bonds. The van der Waals surface area contributed by atoms with Crippen molar-refractivity contribution in [2.75, 3.05) is 0 Å². The van der Waals surface area contributed by atoms with E-state index in [1.54, 1.807) is 0 Å². The Balaban J connectivity index is 2.57. The summed E-state index contributed by atoms with van der Waals surface area (Å²) in [5, 5.41) is 0. The van der Waals surface area contributed by atoms with Crippen LogP contribution >= 0.6 is 11.6 Å². The Kier molecular flexibility index (Phi) is 4.81. The van der Waals surface area contributed by atoms with Gasteiger partial charge in [-0.1, -0.05) is 25.5 Å². The van der Waals surface area contributed by atoms with Crippen molar-refractivity contribution in [3.05, 3.63) is 29.8 Å². The molecule has 0 aliphatic rings. The summed E-state index contributed by atoms with van der Waals surface area (Å²) in [7, 11) is 0. The zero-order chi connectivity index (χ0) is 10.4. The van der Waals surface area contributed by atoms with Gasteiger partial charge in [0, 0.05) is 5.88 Å². The first kappa shape index (κ1) is 11.4. The van der Waals surface area contributed by atoms with Crippen molar-refractivity contribution in [2.24, 2.45) is 0 Å². The molecule has 0 aromatic heterocycles. The SMILES string of the molecule is CCCC(C)Oc1cccc(CCl)c1. The summed E-state index contributed by atoms with van der Waals surface area (Å²) >= 11 is 5.74. The van der Waals surface area contributed by atoms with Crippen LogP contribution in [-0.4, -0.2) is 6.10 Å². The van der Waals surface area contributed by atoms with Gasteiger partial charge in [-0.2, -0.15) is 0 Å². The smallest absolute Gasteiger partial charge is 0.120 e. The molecule has 1 atom stereocenters. The summed E-state index contributed by atoms with van der Waals surface area (Å²) in [5.41, 5.74) is 1.10. The average Bonchev–Trinajstić information content (AvgIpc) is 2.18. The van der Waals surface area contributed by atoms with Gasteiger partial charge in [-0.05, 0) is 31.0 Å². The molecule has 0 bridgehead atoms. The van der Waals surface area contributed by atoms with Crippen LogP contribution in [0.2, 0.25) is 0 Å². The standard InChI is InChI=1S/C12H17ClO/c1-3-5-10(2)14-12-7-4-6-11(8-12)9-13/h4,6-8,10H,3,5,9H2,1-2H3. The van der Waals surface area contributed by atoms with Crippen LogP contribution < -0.4 is 4.74 Å². The molecular formula is C12H17ClO. The van der Waals surface area contributed by atoms with Gasteiger partial charge in [-0.15, -0.1) is 11.6 Å². The molecule has 0 N–H and O–H groups in total. The van der Waals surface area contributed by atoms with Crippen LogP contribution in [0.15, 0.2) is 24.3 Å². The quantitative estimate of drug-likeness (QED) is 0.671. The van der Waals surface area contributed by atoms with Crippen molar-refractivity contribution in [1.82, 2.24) is 0 Å². The van der Waals surface area contributed by atoms with E-state index in [2.05, 4.69) is 13.8 Å². The van der Waals surface area contributed by atoms with Gasteiger partial charge in [0.25, 0.3) is 0 Å². The average molecular weight is 213 g/mol. The van der Waals surface area contributed by atoms with Gasteiger partial charge in [0.15, 0.2) is 0 Å². The molecule has 1 aromatic rings. The molecule has 0 spiro atoms. The third-order valence-electron chi connectivity index (χ3n) is 2.09. The first-order valence-electron chi connectivity index (χ1n) is 5.07.